The number of carbonyl (C=O) groups is 1. The maximum Gasteiger partial charge on any atom is 0.256 e. The third-order valence-electron chi connectivity index (χ3n) is 3.62. The fourth-order valence-corrected chi connectivity index (χ4v) is 2.60. The zero-order valence-corrected chi connectivity index (χ0v) is 14.0. The molecule has 1 amide bonds. The Morgan fingerprint density at radius 3 is 2.36 bits per heavy atom. The lowest BCUT2D eigenvalue weighted by molar-refractivity contribution is -0.111. The average molecular weight is 352 g/mol. The minimum atomic E-state index is -0.408. The molecule has 3 rings (SSSR count). The SMILES string of the molecule is O=C(Nc1cccc(F)c1)C(=Cc1ccccc1Cl)c1ccccc1. The zero-order valence-electron chi connectivity index (χ0n) is 13.2. The van der Waals surface area contributed by atoms with Crippen LogP contribution in [0.3, 0.4) is 0 Å². The van der Waals surface area contributed by atoms with Crippen LogP contribution in [0.1, 0.15) is 11.1 Å². The summed E-state index contributed by atoms with van der Waals surface area (Å²) in [5, 5.41) is 3.28. The van der Waals surface area contributed by atoms with Crippen LogP contribution in [0.2, 0.25) is 5.02 Å². The quantitative estimate of drug-likeness (QED) is 0.477. The summed E-state index contributed by atoms with van der Waals surface area (Å²) in [4.78, 5) is 12.8. The fraction of sp³-hybridized carbons (Fsp3) is 0. The summed E-state index contributed by atoms with van der Waals surface area (Å²) in [5.41, 5.74) is 2.32. The van der Waals surface area contributed by atoms with Crippen molar-refractivity contribution in [1.29, 1.82) is 0 Å². The molecule has 0 bridgehead atoms. The lowest BCUT2D eigenvalue weighted by atomic mass is 10.0. The number of benzene rings is 3. The number of hydrogen-bond acceptors (Lipinski definition) is 1. The molecule has 0 atom stereocenters. The first-order valence-corrected chi connectivity index (χ1v) is 8.10. The summed E-state index contributed by atoms with van der Waals surface area (Å²) < 4.78 is 13.4. The third-order valence-corrected chi connectivity index (χ3v) is 3.96. The summed E-state index contributed by atoms with van der Waals surface area (Å²) in [6.45, 7) is 0. The lowest BCUT2D eigenvalue weighted by Gasteiger charge is -2.10. The van der Waals surface area contributed by atoms with Crippen LogP contribution >= 0.6 is 11.6 Å². The highest BCUT2D eigenvalue weighted by Gasteiger charge is 2.13. The molecular formula is C21H15ClFNO. The van der Waals surface area contributed by atoms with E-state index in [0.29, 0.717) is 16.3 Å². The number of hydrogen-bond donors (Lipinski definition) is 1. The molecule has 4 heteroatoms. The number of amides is 1. The molecule has 0 heterocycles. The van der Waals surface area contributed by atoms with E-state index in [2.05, 4.69) is 5.32 Å². The Kier molecular flexibility index (Phi) is 5.26. The van der Waals surface area contributed by atoms with Gasteiger partial charge in [0.25, 0.3) is 5.91 Å². The van der Waals surface area contributed by atoms with E-state index >= 15 is 0 Å². The second kappa shape index (κ2) is 7.77. The maximum atomic E-state index is 13.4. The van der Waals surface area contributed by atoms with Crippen molar-refractivity contribution in [3.63, 3.8) is 0 Å². The van der Waals surface area contributed by atoms with E-state index in [1.807, 2.05) is 48.5 Å². The van der Waals surface area contributed by atoms with Gasteiger partial charge in [-0.1, -0.05) is 66.2 Å². The molecule has 0 aromatic heterocycles. The van der Waals surface area contributed by atoms with Crippen molar-refractivity contribution >= 4 is 34.8 Å². The van der Waals surface area contributed by atoms with Gasteiger partial charge in [-0.05, 0) is 41.5 Å². The molecule has 0 fully saturated rings. The van der Waals surface area contributed by atoms with Gasteiger partial charge in [-0.2, -0.15) is 0 Å². The predicted molar refractivity (Wildman–Crippen MR) is 101 cm³/mol. The molecule has 1 N–H and O–H groups in total. The number of carbonyl (C=O) groups excluding carboxylic acids is 1. The smallest absolute Gasteiger partial charge is 0.256 e. The minimum absolute atomic E-state index is 0.336. The van der Waals surface area contributed by atoms with Crippen molar-refractivity contribution in [2.24, 2.45) is 0 Å². The Morgan fingerprint density at radius 1 is 0.920 bits per heavy atom. The van der Waals surface area contributed by atoms with Gasteiger partial charge in [-0.15, -0.1) is 0 Å². The highest BCUT2D eigenvalue weighted by molar-refractivity contribution is 6.34. The van der Waals surface area contributed by atoms with Crippen LogP contribution in [-0.4, -0.2) is 5.91 Å². The van der Waals surface area contributed by atoms with Crippen molar-refractivity contribution in [3.8, 4) is 0 Å². The van der Waals surface area contributed by atoms with E-state index in [-0.39, 0.29) is 5.91 Å². The van der Waals surface area contributed by atoms with Gasteiger partial charge >= 0.3 is 0 Å². The van der Waals surface area contributed by atoms with Crippen molar-refractivity contribution in [2.45, 2.75) is 0 Å². The first kappa shape index (κ1) is 16.9. The number of rotatable bonds is 4. The Labute approximate surface area is 150 Å². The summed E-state index contributed by atoms with van der Waals surface area (Å²) in [6, 6.07) is 22.3. The zero-order chi connectivity index (χ0) is 17.6. The maximum absolute atomic E-state index is 13.4. The number of halogens is 2. The minimum Gasteiger partial charge on any atom is -0.322 e. The average Bonchev–Trinajstić information content (AvgIpc) is 2.61. The van der Waals surface area contributed by atoms with Crippen LogP contribution in [0, 0.1) is 5.82 Å². The molecule has 0 saturated heterocycles. The van der Waals surface area contributed by atoms with Crippen molar-refractivity contribution < 1.29 is 9.18 Å². The van der Waals surface area contributed by atoms with Crippen LogP contribution in [0.15, 0.2) is 78.9 Å². The molecular weight excluding hydrogens is 337 g/mol. The predicted octanol–water partition coefficient (Wildman–Crippen LogP) is 5.66. The van der Waals surface area contributed by atoms with E-state index in [4.69, 9.17) is 11.6 Å². The standard InChI is InChI=1S/C21H15ClFNO/c22-20-12-5-4-9-16(20)13-19(15-7-2-1-3-8-15)21(25)24-18-11-6-10-17(23)14-18/h1-14H,(H,24,25). The molecule has 0 aliphatic carbocycles. The summed E-state index contributed by atoms with van der Waals surface area (Å²) >= 11 is 6.22. The Hall–Kier alpha value is -2.91. The van der Waals surface area contributed by atoms with Gasteiger partial charge in [0.2, 0.25) is 0 Å². The molecule has 124 valence electrons. The number of anilines is 1. The molecule has 0 radical (unpaired) electrons. The summed E-state index contributed by atoms with van der Waals surface area (Å²) in [5.74, 6) is -0.745. The fourth-order valence-electron chi connectivity index (χ4n) is 2.41. The van der Waals surface area contributed by atoms with Crippen LogP contribution in [0.25, 0.3) is 11.6 Å². The topological polar surface area (TPSA) is 29.1 Å². The van der Waals surface area contributed by atoms with Gasteiger partial charge in [0, 0.05) is 16.3 Å². The van der Waals surface area contributed by atoms with Crippen molar-refractivity contribution in [3.05, 3.63) is 101 Å². The molecule has 2 nitrogen and oxygen atoms in total. The first-order valence-electron chi connectivity index (χ1n) is 7.72. The molecule has 25 heavy (non-hydrogen) atoms. The van der Waals surface area contributed by atoms with Crippen LogP contribution in [0.4, 0.5) is 10.1 Å². The van der Waals surface area contributed by atoms with Gasteiger partial charge in [-0.3, -0.25) is 4.79 Å². The second-order valence-electron chi connectivity index (χ2n) is 5.41. The highest BCUT2D eigenvalue weighted by atomic mass is 35.5. The van der Waals surface area contributed by atoms with Gasteiger partial charge in [0.1, 0.15) is 5.82 Å². The third kappa shape index (κ3) is 4.34. The van der Waals surface area contributed by atoms with E-state index in [1.165, 1.54) is 12.1 Å². The van der Waals surface area contributed by atoms with E-state index < -0.39 is 5.82 Å². The summed E-state index contributed by atoms with van der Waals surface area (Å²) in [6.07, 6.45) is 1.73. The van der Waals surface area contributed by atoms with Crippen LogP contribution in [0.5, 0.6) is 0 Å². The van der Waals surface area contributed by atoms with Gasteiger partial charge in [0.05, 0.1) is 0 Å². The Morgan fingerprint density at radius 2 is 1.64 bits per heavy atom. The van der Waals surface area contributed by atoms with Gasteiger partial charge in [-0.25, -0.2) is 4.39 Å². The van der Waals surface area contributed by atoms with Crippen LogP contribution < -0.4 is 5.32 Å². The lowest BCUT2D eigenvalue weighted by Crippen LogP contribution is -2.13. The molecule has 3 aromatic carbocycles. The van der Waals surface area contributed by atoms with E-state index in [9.17, 15) is 9.18 Å². The molecule has 0 unspecified atom stereocenters. The van der Waals surface area contributed by atoms with Crippen molar-refractivity contribution in [2.75, 3.05) is 5.32 Å². The molecule has 3 aromatic rings. The van der Waals surface area contributed by atoms with E-state index in [1.54, 1.807) is 24.3 Å². The van der Waals surface area contributed by atoms with Gasteiger partial charge in [0.15, 0.2) is 0 Å². The normalized spacial score (nSPS) is 11.2. The molecule has 0 spiro atoms. The summed E-state index contributed by atoms with van der Waals surface area (Å²) in [7, 11) is 0. The van der Waals surface area contributed by atoms with E-state index in [0.717, 1.165) is 11.1 Å². The Bertz CT molecular complexity index is 922. The first-order chi connectivity index (χ1) is 12.1. The largest absolute Gasteiger partial charge is 0.322 e. The number of nitrogens with one attached hydrogen (secondary N) is 1. The highest BCUT2D eigenvalue weighted by Crippen LogP contribution is 2.24. The van der Waals surface area contributed by atoms with Crippen LogP contribution in [-0.2, 0) is 4.79 Å². The molecule has 0 aliphatic rings. The monoisotopic (exact) mass is 351 g/mol. The Balaban J connectivity index is 2.00. The van der Waals surface area contributed by atoms with Crippen molar-refractivity contribution in [1.82, 2.24) is 0 Å². The molecule has 0 aliphatic heterocycles. The second-order valence-corrected chi connectivity index (χ2v) is 5.82. The molecule has 0 saturated carbocycles. The van der Waals surface area contributed by atoms with Gasteiger partial charge < -0.3 is 5.32 Å².